The van der Waals surface area contributed by atoms with E-state index in [0.29, 0.717) is 6.04 Å². The number of hydrogen-bond acceptors (Lipinski definition) is 5. The van der Waals surface area contributed by atoms with E-state index in [1.807, 2.05) is 10.9 Å². The summed E-state index contributed by atoms with van der Waals surface area (Å²) < 4.78 is 1.94. The highest BCUT2D eigenvalue weighted by Crippen LogP contribution is 2.28. The molecule has 1 fully saturated rings. The molecule has 0 aliphatic carbocycles. The second-order valence-corrected chi connectivity index (χ2v) is 6.01. The SMILES string of the molecule is CCn1cc(-c2csc(C(C)N3CCNCC3)n2)cn1. The molecule has 1 N–H and O–H groups in total. The fourth-order valence-corrected chi connectivity index (χ4v) is 3.42. The first kappa shape index (κ1) is 13.7. The first-order valence-corrected chi connectivity index (χ1v) is 8.09. The van der Waals surface area contributed by atoms with Crippen molar-refractivity contribution in [1.82, 2.24) is 25.0 Å². The van der Waals surface area contributed by atoms with E-state index >= 15 is 0 Å². The van der Waals surface area contributed by atoms with Gasteiger partial charge in [0.2, 0.25) is 0 Å². The first-order valence-electron chi connectivity index (χ1n) is 7.21. The zero-order valence-corrected chi connectivity index (χ0v) is 12.9. The summed E-state index contributed by atoms with van der Waals surface area (Å²) in [6.07, 6.45) is 3.96. The molecule has 1 saturated heterocycles. The molecule has 1 aliphatic rings. The topological polar surface area (TPSA) is 46.0 Å². The average Bonchev–Trinajstić information content (AvgIpc) is 3.16. The van der Waals surface area contributed by atoms with Crippen LogP contribution in [0.25, 0.3) is 11.3 Å². The lowest BCUT2D eigenvalue weighted by molar-refractivity contribution is 0.185. The van der Waals surface area contributed by atoms with Crippen LogP contribution in [0.2, 0.25) is 0 Å². The number of aromatic nitrogens is 3. The van der Waals surface area contributed by atoms with Gasteiger partial charge in [-0.3, -0.25) is 9.58 Å². The van der Waals surface area contributed by atoms with Crippen LogP contribution >= 0.6 is 11.3 Å². The minimum atomic E-state index is 0.400. The molecular formula is C14H21N5S. The molecule has 3 heterocycles. The summed E-state index contributed by atoms with van der Waals surface area (Å²) in [7, 11) is 0. The van der Waals surface area contributed by atoms with Gasteiger partial charge in [0.25, 0.3) is 0 Å². The summed E-state index contributed by atoms with van der Waals surface area (Å²) in [6, 6.07) is 0.400. The van der Waals surface area contributed by atoms with Gasteiger partial charge in [0, 0.05) is 49.9 Å². The third-order valence-corrected chi connectivity index (χ3v) is 4.85. The molecule has 6 heteroatoms. The van der Waals surface area contributed by atoms with E-state index in [0.717, 1.165) is 44.0 Å². The fraction of sp³-hybridized carbons (Fsp3) is 0.571. The Labute approximate surface area is 123 Å². The van der Waals surface area contributed by atoms with E-state index in [1.165, 1.54) is 5.01 Å². The van der Waals surface area contributed by atoms with Crippen LogP contribution in [0.1, 0.15) is 24.9 Å². The van der Waals surface area contributed by atoms with E-state index in [2.05, 4.69) is 40.7 Å². The summed E-state index contributed by atoms with van der Waals surface area (Å²) in [5.41, 5.74) is 2.16. The fourth-order valence-electron chi connectivity index (χ4n) is 2.51. The van der Waals surface area contributed by atoms with Gasteiger partial charge in [-0.25, -0.2) is 4.98 Å². The van der Waals surface area contributed by atoms with Crippen molar-refractivity contribution in [2.24, 2.45) is 0 Å². The van der Waals surface area contributed by atoms with Crippen molar-refractivity contribution in [3.8, 4) is 11.3 Å². The van der Waals surface area contributed by atoms with Gasteiger partial charge in [-0.2, -0.15) is 5.10 Å². The molecule has 0 radical (unpaired) electrons. The number of nitrogens with one attached hydrogen (secondary N) is 1. The lowest BCUT2D eigenvalue weighted by Crippen LogP contribution is -2.44. The maximum absolute atomic E-state index is 4.81. The van der Waals surface area contributed by atoms with E-state index in [1.54, 1.807) is 11.3 Å². The Morgan fingerprint density at radius 2 is 2.20 bits per heavy atom. The zero-order valence-electron chi connectivity index (χ0n) is 12.0. The Morgan fingerprint density at radius 3 is 2.90 bits per heavy atom. The smallest absolute Gasteiger partial charge is 0.110 e. The van der Waals surface area contributed by atoms with Gasteiger partial charge in [-0.1, -0.05) is 0 Å². The molecule has 3 rings (SSSR count). The zero-order chi connectivity index (χ0) is 13.9. The highest BCUT2D eigenvalue weighted by molar-refractivity contribution is 7.10. The number of hydrogen-bond donors (Lipinski definition) is 1. The van der Waals surface area contributed by atoms with E-state index in [9.17, 15) is 0 Å². The van der Waals surface area contributed by atoms with Gasteiger partial charge < -0.3 is 5.32 Å². The average molecular weight is 291 g/mol. The molecule has 2 aromatic heterocycles. The molecule has 0 amide bonds. The number of thiazole rings is 1. The minimum Gasteiger partial charge on any atom is -0.314 e. The van der Waals surface area contributed by atoms with Crippen molar-refractivity contribution in [2.45, 2.75) is 26.4 Å². The lowest BCUT2D eigenvalue weighted by atomic mass is 10.2. The number of piperazine rings is 1. The van der Waals surface area contributed by atoms with Crippen molar-refractivity contribution < 1.29 is 0 Å². The van der Waals surface area contributed by atoms with Crippen molar-refractivity contribution in [3.63, 3.8) is 0 Å². The van der Waals surface area contributed by atoms with Crippen LogP contribution in [-0.2, 0) is 6.54 Å². The summed E-state index contributed by atoms with van der Waals surface area (Å²) in [5.74, 6) is 0. The summed E-state index contributed by atoms with van der Waals surface area (Å²) in [4.78, 5) is 7.30. The third-order valence-electron chi connectivity index (χ3n) is 3.83. The molecule has 108 valence electrons. The monoisotopic (exact) mass is 291 g/mol. The molecule has 0 aromatic carbocycles. The lowest BCUT2D eigenvalue weighted by Gasteiger charge is -2.31. The predicted molar refractivity (Wildman–Crippen MR) is 81.9 cm³/mol. The Kier molecular flexibility index (Phi) is 4.14. The van der Waals surface area contributed by atoms with E-state index in [4.69, 9.17) is 4.98 Å². The Balaban J connectivity index is 1.75. The summed E-state index contributed by atoms with van der Waals surface area (Å²) >= 11 is 1.75. The van der Waals surface area contributed by atoms with Crippen molar-refractivity contribution in [2.75, 3.05) is 26.2 Å². The molecule has 0 spiro atoms. The molecule has 20 heavy (non-hydrogen) atoms. The molecule has 2 aromatic rings. The highest BCUT2D eigenvalue weighted by atomic mass is 32.1. The number of rotatable bonds is 4. The second-order valence-electron chi connectivity index (χ2n) is 5.12. The van der Waals surface area contributed by atoms with Crippen LogP contribution in [0.3, 0.4) is 0 Å². The minimum absolute atomic E-state index is 0.400. The van der Waals surface area contributed by atoms with Crippen LogP contribution in [0.15, 0.2) is 17.8 Å². The Hall–Kier alpha value is -1.24. The molecule has 0 bridgehead atoms. The molecule has 0 saturated carbocycles. The predicted octanol–water partition coefficient (Wildman–Crippen LogP) is 1.99. The second kappa shape index (κ2) is 6.03. The maximum Gasteiger partial charge on any atom is 0.110 e. The summed E-state index contributed by atoms with van der Waals surface area (Å²) in [5, 5.41) is 11.1. The Bertz CT molecular complexity index is 555. The molecule has 1 atom stereocenters. The van der Waals surface area contributed by atoms with Crippen LogP contribution in [-0.4, -0.2) is 45.8 Å². The van der Waals surface area contributed by atoms with Gasteiger partial charge in [0.1, 0.15) is 5.01 Å². The number of nitrogens with zero attached hydrogens (tertiary/aromatic N) is 4. The first-order chi connectivity index (χ1) is 9.78. The highest BCUT2D eigenvalue weighted by Gasteiger charge is 2.20. The van der Waals surface area contributed by atoms with Crippen LogP contribution in [0.4, 0.5) is 0 Å². The molecule has 1 unspecified atom stereocenters. The van der Waals surface area contributed by atoms with Crippen molar-refractivity contribution in [3.05, 3.63) is 22.8 Å². The van der Waals surface area contributed by atoms with E-state index in [-0.39, 0.29) is 0 Å². The van der Waals surface area contributed by atoms with Gasteiger partial charge in [-0.05, 0) is 13.8 Å². The molecular weight excluding hydrogens is 270 g/mol. The van der Waals surface area contributed by atoms with Crippen LogP contribution in [0.5, 0.6) is 0 Å². The largest absolute Gasteiger partial charge is 0.314 e. The van der Waals surface area contributed by atoms with E-state index < -0.39 is 0 Å². The van der Waals surface area contributed by atoms with Crippen LogP contribution < -0.4 is 5.32 Å². The molecule has 1 aliphatic heterocycles. The van der Waals surface area contributed by atoms with Gasteiger partial charge in [0.15, 0.2) is 0 Å². The molecule has 5 nitrogen and oxygen atoms in total. The quantitative estimate of drug-likeness (QED) is 0.936. The van der Waals surface area contributed by atoms with Gasteiger partial charge in [0.05, 0.1) is 17.9 Å². The van der Waals surface area contributed by atoms with Crippen molar-refractivity contribution in [1.29, 1.82) is 0 Å². The standard InChI is InChI=1S/C14H21N5S/c1-3-19-9-12(8-16-19)13-10-20-14(17-13)11(2)18-6-4-15-5-7-18/h8-11,15H,3-7H2,1-2H3. The number of aryl methyl sites for hydroxylation is 1. The summed E-state index contributed by atoms with van der Waals surface area (Å²) in [6.45, 7) is 9.60. The van der Waals surface area contributed by atoms with Crippen molar-refractivity contribution >= 4 is 11.3 Å². The maximum atomic E-state index is 4.81. The third kappa shape index (κ3) is 2.77. The Morgan fingerprint density at radius 1 is 1.40 bits per heavy atom. The van der Waals surface area contributed by atoms with Gasteiger partial charge in [-0.15, -0.1) is 11.3 Å². The van der Waals surface area contributed by atoms with Gasteiger partial charge >= 0.3 is 0 Å². The normalized spacial score (nSPS) is 18.3. The van der Waals surface area contributed by atoms with Crippen LogP contribution in [0, 0.1) is 0 Å².